The first-order chi connectivity index (χ1) is 18.2. The predicted octanol–water partition coefficient (Wildman–Crippen LogP) is -0.252. The molecule has 1 heterocycles. The van der Waals surface area contributed by atoms with Gasteiger partial charge in [-0.15, -0.1) is 0 Å². The molecule has 11 atom stereocenters. The summed E-state index contributed by atoms with van der Waals surface area (Å²) in [5, 5.41) is 51.7. The van der Waals surface area contributed by atoms with Crippen molar-refractivity contribution in [3.8, 4) is 0 Å². The fourth-order valence-electron chi connectivity index (χ4n) is 5.68. The molecule has 3 aliphatic rings. The summed E-state index contributed by atoms with van der Waals surface area (Å²) in [6.45, 7) is 1.29. The average molecular weight is 535 g/mol. The Kier molecular flexibility index (Phi) is 8.86. The lowest BCUT2D eigenvalue weighted by Gasteiger charge is -2.43. The summed E-state index contributed by atoms with van der Waals surface area (Å²) in [4.78, 5) is 25.1. The topological polar surface area (TPSA) is 172 Å². The molecule has 0 spiro atoms. The van der Waals surface area contributed by atoms with E-state index in [1.165, 1.54) is 13.2 Å². The summed E-state index contributed by atoms with van der Waals surface area (Å²) >= 11 is 0. The van der Waals surface area contributed by atoms with Gasteiger partial charge in [-0.1, -0.05) is 37.3 Å². The molecule has 0 saturated heterocycles. The van der Waals surface area contributed by atoms with Crippen LogP contribution in [0.2, 0.25) is 0 Å². The van der Waals surface area contributed by atoms with E-state index in [1.807, 2.05) is 30.3 Å². The Morgan fingerprint density at radius 3 is 2.42 bits per heavy atom. The van der Waals surface area contributed by atoms with Crippen LogP contribution in [-0.4, -0.2) is 94.1 Å². The minimum atomic E-state index is -1.55. The second-order valence-electron chi connectivity index (χ2n) is 9.99. The van der Waals surface area contributed by atoms with E-state index < -0.39 is 85.1 Å². The van der Waals surface area contributed by atoms with Gasteiger partial charge >= 0.3 is 11.9 Å². The quantitative estimate of drug-likeness (QED) is 0.231. The van der Waals surface area contributed by atoms with E-state index in [4.69, 9.17) is 18.9 Å². The van der Waals surface area contributed by atoms with Gasteiger partial charge in [-0.3, -0.25) is 0 Å². The van der Waals surface area contributed by atoms with Crippen LogP contribution in [0.15, 0.2) is 48.2 Å². The highest BCUT2D eigenvalue weighted by molar-refractivity contribution is 5.89. The number of aliphatic hydroxyl groups is 5. The Morgan fingerprint density at radius 2 is 1.76 bits per heavy atom. The maximum absolute atomic E-state index is 12.6. The number of fused-ring (bicyclic) bond motifs is 1. The third-order valence-corrected chi connectivity index (χ3v) is 7.77. The van der Waals surface area contributed by atoms with Crippen LogP contribution in [0.4, 0.5) is 0 Å². The summed E-state index contributed by atoms with van der Waals surface area (Å²) in [6.07, 6.45) is -4.82. The average Bonchev–Trinajstić information content (AvgIpc) is 3.17. The predicted molar refractivity (Wildman–Crippen MR) is 131 cm³/mol. The first-order valence-corrected chi connectivity index (χ1v) is 12.5. The second-order valence-corrected chi connectivity index (χ2v) is 9.99. The zero-order valence-electron chi connectivity index (χ0n) is 21.1. The molecule has 1 aromatic carbocycles. The van der Waals surface area contributed by atoms with Gasteiger partial charge in [0, 0.05) is 36.4 Å². The van der Waals surface area contributed by atoms with E-state index in [9.17, 15) is 35.1 Å². The van der Waals surface area contributed by atoms with Crippen molar-refractivity contribution in [2.75, 3.05) is 13.7 Å². The van der Waals surface area contributed by atoms with E-state index in [2.05, 4.69) is 0 Å². The molecule has 1 aromatic rings. The number of rotatable bonds is 7. The van der Waals surface area contributed by atoms with Gasteiger partial charge in [0.15, 0.2) is 0 Å². The maximum Gasteiger partial charge on any atom is 0.337 e. The lowest BCUT2D eigenvalue weighted by molar-refractivity contribution is -0.248. The van der Waals surface area contributed by atoms with Gasteiger partial charge in [0.25, 0.3) is 0 Å². The molecule has 5 unspecified atom stereocenters. The molecule has 2 aliphatic carbocycles. The summed E-state index contributed by atoms with van der Waals surface area (Å²) in [7, 11) is 1.19. The van der Waals surface area contributed by atoms with E-state index in [1.54, 1.807) is 13.0 Å². The normalized spacial score (nSPS) is 38.7. The van der Waals surface area contributed by atoms with E-state index >= 15 is 0 Å². The highest BCUT2D eigenvalue weighted by atomic mass is 16.7. The zero-order valence-corrected chi connectivity index (χ0v) is 21.1. The number of hydrogen-bond donors (Lipinski definition) is 5. The van der Waals surface area contributed by atoms with Crippen LogP contribution in [-0.2, 0) is 28.5 Å². The first kappa shape index (κ1) is 28.2. The van der Waals surface area contributed by atoms with E-state index in [0.717, 1.165) is 11.8 Å². The van der Waals surface area contributed by atoms with Gasteiger partial charge in [-0.25, -0.2) is 9.59 Å². The second kappa shape index (κ2) is 11.9. The highest BCUT2D eigenvalue weighted by Crippen LogP contribution is 2.49. The van der Waals surface area contributed by atoms with Crippen molar-refractivity contribution in [1.29, 1.82) is 0 Å². The van der Waals surface area contributed by atoms with Gasteiger partial charge in [0.05, 0.1) is 37.3 Å². The molecule has 4 rings (SSSR count). The molecule has 38 heavy (non-hydrogen) atoms. The van der Waals surface area contributed by atoms with Crippen molar-refractivity contribution in [2.45, 2.75) is 56.3 Å². The molecule has 0 radical (unpaired) electrons. The number of methoxy groups -OCH3 is 1. The van der Waals surface area contributed by atoms with Gasteiger partial charge in [0.1, 0.15) is 18.3 Å². The minimum absolute atomic E-state index is 0.0281. The molecule has 0 aromatic heterocycles. The number of carbonyl (C=O) groups excluding carboxylic acids is 2. The Morgan fingerprint density at radius 1 is 1.05 bits per heavy atom. The summed E-state index contributed by atoms with van der Waals surface area (Å²) in [5.41, 5.74) is 0.832. The number of benzene rings is 1. The Bertz CT molecular complexity index is 1040. The molecular weight excluding hydrogens is 500 g/mol. The number of aliphatic hydroxyl groups excluding tert-OH is 5. The van der Waals surface area contributed by atoms with Crippen LogP contribution in [0.1, 0.15) is 18.9 Å². The molecule has 0 bridgehead atoms. The molecular formula is C27H34O11. The lowest BCUT2D eigenvalue weighted by Crippen LogP contribution is -2.56. The number of hydrogen-bond acceptors (Lipinski definition) is 11. The Labute approximate surface area is 219 Å². The van der Waals surface area contributed by atoms with Crippen LogP contribution >= 0.6 is 0 Å². The van der Waals surface area contributed by atoms with Gasteiger partial charge < -0.3 is 44.5 Å². The van der Waals surface area contributed by atoms with Crippen molar-refractivity contribution in [2.24, 2.45) is 23.7 Å². The Balaban J connectivity index is 1.55. The fraction of sp³-hybridized carbons (Fsp3) is 0.556. The van der Waals surface area contributed by atoms with Crippen LogP contribution in [0.5, 0.6) is 0 Å². The van der Waals surface area contributed by atoms with Crippen LogP contribution < -0.4 is 0 Å². The number of esters is 2. The monoisotopic (exact) mass is 534 g/mol. The smallest absolute Gasteiger partial charge is 0.337 e. The van der Waals surface area contributed by atoms with E-state index in [0.29, 0.717) is 0 Å². The molecule has 11 heteroatoms. The first-order valence-electron chi connectivity index (χ1n) is 12.5. The molecule has 2 saturated carbocycles. The highest BCUT2D eigenvalue weighted by Gasteiger charge is 2.59. The molecule has 1 aliphatic heterocycles. The molecule has 2 fully saturated rings. The van der Waals surface area contributed by atoms with Crippen molar-refractivity contribution in [3.05, 3.63) is 53.8 Å². The minimum Gasteiger partial charge on any atom is -0.472 e. The summed E-state index contributed by atoms with van der Waals surface area (Å²) in [6, 6.07) is 9.13. The number of carbonyl (C=O) groups is 2. The van der Waals surface area contributed by atoms with Crippen molar-refractivity contribution < 1.29 is 54.1 Å². The fourth-order valence-corrected chi connectivity index (χ4v) is 5.68. The number of ether oxygens (including phenoxy) is 4. The van der Waals surface area contributed by atoms with Gasteiger partial charge in [-0.05, 0) is 18.1 Å². The summed E-state index contributed by atoms with van der Waals surface area (Å²) < 4.78 is 22.2. The Hall–Kier alpha value is -2.80. The third kappa shape index (κ3) is 5.49. The standard InChI is InChI=1S/C27H34O11/c1-13-19-20(23(32)25(13)38-18(29)9-8-14-6-4-3-5-7-14)16(26(34)35-2)12-36-27(19)37-17-10-15(11-28)21(30)24(33)22(17)31/h3-9,12-13,15,17,19-25,27-28,30-33H,10-11H2,1-2H3/t13-,15?,17?,19-,20-,21?,22?,23+,24?,25-,27+/m1/s1. The van der Waals surface area contributed by atoms with Crippen LogP contribution in [0.25, 0.3) is 6.08 Å². The van der Waals surface area contributed by atoms with Gasteiger partial charge in [-0.2, -0.15) is 0 Å². The van der Waals surface area contributed by atoms with Crippen molar-refractivity contribution in [3.63, 3.8) is 0 Å². The molecule has 208 valence electrons. The van der Waals surface area contributed by atoms with Crippen molar-refractivity contribution in [1.82, 2.24) is 0 Å². The van der Waals surface area contributed by atoms with Gasteiger partial charge in [0.2, 0.25) is 6.29 Å². The van der Waals surface area contributed by atoms with Crippen LogP contribution in [0.3, 0.4) is 0 Å². The largest absolute Gasteiger partial charge is 0.472 e. The van der Waals surface area contributed by atoms with Crippen LogP contribution in [0, 0.1) is 23.7 Å². The SMILES string of the molecule is COC(=O)C1=CO[C@@H](OC2CC(CO)C(O)C(O)C2O)[C@@H]2[C@@H](C)[C@@H](OC(=O)C=Cc3ccccc3)[C@@H](O)[C@H]12. The third-order valence-electron chi connectivity index (χ3n) is 7.77. The maximum atomic E-state index is 12.6. The molecule has 11 nitrogen and oxygen atoms in total. The van der Waals surface area contributed by atoms with Crippen molar-refractivity contribution >= 4 is 18.0 Å². The molecule has 0 amide bonds. The summed E-state index contributed by atoms with van der Waals surface area (Å²) in [5.74, 6) is -4.29. The zero-order chi connectivity index (χ0) is 27.6. The molecule has 5 N–H and O–H groups in total. The lowest BCUT2D eigenvalue weighted by atomic mass is 9.80. The van der Waals surface area contributed by atoms with E-state index in [-0.39, 0.29) is 12.0 Å².